The molecule has 1 aromatic carbocycles. The average Bonchev–Trinajstić information content (AvgIpc) is 2.24. The molecule has 0 saturated heterocycles. The number of benzene rings is 1. The molecule has 4 nitrogen and oxygen atoms in total. The Morgan fingerprint density at radius 2 is 2.19 bits per heavy atom. The molecule has 0 heterocycles. The van der Waals surface area contributed by atoms with Gasteiger partial charge in [0, 0.05) is 16.6 Å². The molecular formula is C11H16BrNO3. The van der Waals surface area contributed by atoms with E-state index in [9.17, 15) is 10.2 Å². The zero-order valence-electron chi connectivity index (χ0n) is 9.54. The highest BCUT2D eigenvalue weighted by atomic mass is 79.9. The third-order valence-corrected chi connectivity index (χ3v) is 3.28. The summed E-state index contributed by atoms with van der Waals surface area (Å²) in [6.45, 7) is 2.20. The Balaban J connectivity index is 3.29. The Hall–Kier alpha value is -0.780. The quantitative estimate of drug-likeness (QED) is 0.790. The molecule has 90 valence electrons. The molecule has 1 aromatic rings. The van der Waals surface area contributed by atoms with Crippen molar-refractivity contribution in [1.82, 2.24) is 5.32 Å². The van der Waals surface area contributed by atoms with Gasteiger partial charge in [0.2, 0.25) is 0 Å². The maximum Gasteiger partial charge on any atom is 0.163 e. The van der Waals surface area contributed by atoms with Crippen molar-refractivity contribution in [3.05, 3.63) is 21.7 Å². The highest BCUT2D eigenvalue weighted by Crippen LogP contribution is 2.40. The van der Waals surface area contributed by atoms with E-state index in [2.05, 4.69) is 21.2 Å². The molecule has 0 amide bonds. The molecule has 1 unspecified atom stereocenters. The highest BCUT2D eigenvalue weighted by Gasteiger charge is 2.20. The number of phenolic OH excluding ortho intramolecular Hbond substituents is 1. The van der Waals surface area contributed by atoms with Gasteiger partial charge in [0.15, 0.2) is 11.5 Å². The third kappa shape index (κ3) is 2.48. The lowest BCUT2D eigenvalue weighted by Crippen LogP contribution is -2.17. The summed E-state index contributed by atoms with van der Waals surface area (Å²) in [5.74, 6) is 0.341. The zero-order chi connectivity index (χ0) is 12.3. The summed E-state index contributed by atoms with van der Waals surface area (Å²) >= 11 is 3.37. The van der Waals surface area contributed by atoms with Crippen LogP contribution in [0.5, 0.6) is 11.5 Å². The van der Waals surface area contributed by atoms with E-state index in [-0.39, 0.29) is 5.75 Å². The Kier molecular flexibility index (Phi) is 4.58. The van der Waals surface area contributed by atoms with E-state index in [4.69, 9.17) is 4.74 Å². The van der Waals surface area contributed by atoms with Crippen molar-refractivity contribution < 1.29 is 14.9 Å². The molecule has 5 heteroatoms. The van der Waals surface area contributed by atoms with Crippen molar-refractivity contribution in [2.24, 2.45) is 0 Å². The number of aromatic hydroxyl groups is 1. The lowest BCUT2D eigenvalue weighted by Gasteiger charge is -2.18. The van der Waals surface area contributed by atoms with Gasteiger partial charge in [-0.15, -0.1) is 0 Å². The fraction of sp³-hybridized carbons (Fsp3) is 0.455. The predicted molar refractivity (Wildman–Crippen MR) is 66.0 cm³/mol. The number of phenols is 1. The fourth-order valence-electron chi connectivity index (χ4n) is 1.59. The average molecular weight is 290 g/mol. The topological polar surface area (TPSA) is 61.7 Å². The number of hydrogen-bond donors (Lipinski definition) is 3. The van der Waals surface area contributed by atoms with Crippen LogP contribution in [-0.4, -0.2) is 30.9 Å². The van der Waals surface area contributed by atoms with Crippen LogP contribution in [0.25, 0.3) is 0 Å². The van der Waals surface area contributed by atoms with Gasteiger partial charge in [0.05, 0.1) is 13.2 Å². The highest BCUT2D eigenvalue weighted by molar-refractivity contribution is 9.10. The van der Waals surface area contributed by atoms with E-state index in [1.165, 1.54) is 7.11 Å². The van der Waals surface area contributed by atoms with Crippen molar-refractivity contribution in [3.63, 3.8) is 0 Å². The van der Waals surface area contributed by atoms with Crippen LogP contribution < -0.4 is 10.1 Å². The minimum Gasteiger partial charge on any atom is -0.504 e. The first kappa shape index (κ1) is 13.3. The van der Waals surface area contributed by atoms with E-state index in [1.54, 1.807) is 13.1 Å². The minimum absolute atomic E-state index is 0.00838. The van der Waals surface area contributed by atoms with Gasteiger partial charge in [-0.3, -0.25) is 0 Å². The zero-order valence-corrected chi connectivity index (χ0v) is 11.1. The van der Waals surface area contributed by atoms with Crippen LogP contribution >= 0.6 is 15.9 Å². The molecule has 0 aliphatic carbocycles. The number of methoxy groups -OCH3 is 1. The normalized spacial score (nSPS) is 12.6. The second-order valence-corrected chi connectivity index (χ2v) is 4.38. The lowest BCUT2D eigenvalue weighted by molar-refractivity contribution is 0.172. The van der Waals surface area contributed by atoms with Gasteiger partial charge in [0.25, 0.3) is 0 Å². The Morgan fingerprint density at radius 1 is 1.56 bits per heavy atom. The van der Waals surface area contributed by atoms with Crippen LogP contribution in [0.2, 0.25) is 0 Å². The smallest absolute Gasteiger partial charge is 0.163 e. The van der Waals surface area contributed by atoms with Crippen LogP contribution in [0, 0.1) is 6.92 Å². The fourth-order valence-corrected chi connectivity index (χ4v) is 2.01. The van der Waals surface area contributed by atoms with Crippen LogP contribution in [0.1, 0.15) is 17.2 Å². The first-order valence-electron chi connectivity index (χ1n) is 4.91. The molecule has 3 N–H and O–H groups in total. The number of rotatable bonds is 4. The third-order valence-electron chi connectivity index (χ3n) is 2.46. The Bertz CT molecular complexity index is 382. The number of nitrogens with one attached hydrogen (secondary N) is 1. The van der Waals surface area contributed by atoms with Crippen LogP contribution in [0.3, 0.4) is 0 Å². The van der Waals surface area contributed by atoms with Gasteiger partial charge < -0.3 is 20.3 Å². The van der Waals surface area contributed by atoms with Crippen molar-refractivity contribution in [1.29, 1.82) is 0 Å². The molecule has 0 fully saturated rings. The molecule has 0 bridgehead atoms. The van der Waals surface area contributed by atoms with Gasteiger partial charge in [-0.05, 0) is 25.6 Å². The summed E-state index contributed by atoms with van der Waals surface area (Å²) in [6, 6.07) is 1.68. The maximum atomic E-state index is 9.96. The summed E-state index contributed by atoms with van der Waals surface area (Å²) in [6.07, 6.45) is -0.767. The van der Waals surface area contributed by atoms with Gasteiger partial charge in [-0.25, -0.2) is 0 Å². The van der Waals surface area contributed by atoms with Gasteiger partial charge in [-0.2, -0.15) is 0 Å². The van der Waals surface area contributed by atoms with Crippen molar-refractivity contribution in [2.45, 2.75) is 13.0 Å². The molecule has 0 aromatic heterocycles. The Morgan fingerprint density at radius 3 is 2.69 bits per heavy atom. The molecule has 1 atom stereocenters. The molecular weight excluding hydrogens is 274 g/mol. The standard InChI is InChI=1S/C11H16BrNO3/c1-6-7(12)4-9(16-3)11(15)10(6)8(14)5-13-2/h4,8,13-15H,5H2,1-3H3. The molecule has 0 radical (unpaired) electrons. The van der Waals surface area contributed by atoms with Crippen LogP contribution in [0.4, 0.5) is 0 Å². The van der Waals surface area contributed by atoms with Crippen LogP contribution in [-0.2, 0) is 0 Å². The summed E-state index contributed by atoms with van der Waals surface area (Å²) in [4.78, 5) is 0. The van der Waals surface area contributed by atoms with E-state index in [0.29, 0.717) is 17.9 Å². The molecule has 0 saturated carbocycles. The summed E-state index contributed by atoms with van der Waals surface area (Å²) < 4.78 is 5.84. The molecule has 0 aliphatic rings. The number of hydrogen-bond acceptors (Lipinski definition) is 4. The number of aliphatic hydroxyl groups excluding tert-OH is 1. The van der Waals surface area contributed by atoms with Gasteiger partial charge >= 0.3 is 0 Å². The van der Waals surface area contributed by atoms with Gasteiger partial charge in [0.1, 0.15) is 0 Å². The Labute approximate surface area is 103 Å². The number of halogens is 1. The number of aliphatic hydroxyl groups is 1. The summed E-state index contributed by atoms with van der Waals surface area (Å²) in [5, 5.41) is 22.7. The first-order chi connectivity index (χ1) is 7.52. The molecule has 0 aliphatic heterocycles. The van der Waals surface area contributed by atoms with Crippen molar-refractivity contribution in [3.8, 4) is 11.5 Å². The molecule has 16 heavy (non-hydrogen) atoms. The SMILES string of the molecule is CNCC(O)c1c(C)c(Br)cc(OC)c1O. The number of likely N-dealkylation sites (N-methyl/N-ethyl adjacent to an activating group) is 1. The minimum atomic E-state index is -0.767. The van der Waals surface area contributed by atoms with Crippen LogP contribution in [0.15, 0.2) is 10.5 Å². The second-order valence-electron chi connectivity index (χ2n) is 3.52. The molecule has 0 spiro atoms. The lowest BCUT2D eigenvalue weighted by atomic mass is 10.0. The molecule has 1 rings (SSSR count). The summed E-state index contributed by atoms with van der Waals surface area (Å²) in [5.41, 5.74) is 1.29. The monoisotopic (exact) mass is 289 g/mol. The maximum absolute atomic E-state index is 9.96. The predicted octanol–water partition coefficient (Wildman–Crippen LogP) is 1.72. The summed E-state index contributed by atoms with van der Waals surface area (Å²) in [7, 11) is 3.22. The second kappa shape index (κ2) is 5.52. The van der Waals surface area contributed by atoms with E-state index >= 15 is 0 Å². The first-order valence-corrected chi connectivity index (χ1v) is 5.70. The van der Waals surface area contributed by atoms with Crippen molar-refractivity contribution >= 4 is 15.9 Å². The van der Waals surface area contributed by atoms with E-state index in [0.717, 1.165) is 10.0 Å². The van der Waals surface area contributed by atoms with E-state index in [1.807, 2.05) is 6.92 Å². The largest absolute Gasteiger partial charge is 0.504 e. The van der Waals surface area contributed by atoms with Crippen molar-refractivity contribution in [2.75, 3.05) is 20.7 Å². The van der Waals surface area contributed by atoms with Gasteiger partial charge in [-0.1, -0.05) is 15.9 Å². The number of ether oxygens (including phenoxy) is 1. The van der Waals surface area contributed by atoms with E-state index < -0.39 is 6.10 Å².